The first kappa shape index (κ1) is 13.7. The zero-order valence-electron chi connectivity index (χ0n) is 11.1. The molecule has 0 aliphatic heterocycles. The lowest BCUT2D eigenvalue weighted by molar-refractivity contribution is 0.0678. The number of rotatable bonds is 4. The number of carbonyl (C=O) groups is 2. The number of carbonyl (C=O) groups excluding carboxylic acids is 1. The van der Waals surface area contributed by atoms with Gasteiger partial charge in [0.25, 0.3) is 5.91 Å². The van der Waals surface area contributed by atoms with Gasteiger partial charge in [0.15, 0.2) is 0 Å². The molecule has 1 N–H and O–H groups in total. The van der Waals surface area contributed by atoms with Crippen molar-refractivity contribution < 1.29 is 14.7 Å². The molecule has 104 valence electrons. The normalized spacial score (nSPS) is 10.3. The Bertz CT molecular complexity index is 651. The minimum absolute atomic E-state index is 0.0635. The summed E-state index contributed by atoms with van der Waals surface area (Å²) in [7, 11) is 3.38. The highest BCUT2D eigenvalue weighted by Crippen LogP contribution is 2.10. The molecule has 7 heteroatoms. The third-order valence-corrected chi connectivity index (χ3v) is 2.77. The van der Waals surface area contributed by atoms with E-state index in [2.05, 4.69) is 10.1 Å². The molecular formula is C13H14N4O3. The van der Waals surface area contributed by atoms with Crippen molar-refractivity contribution in [1.29, 1.82) is 0 Å². The van der Waals surface area contributed by atoms with Crippen molar-refractivity contribution in [2.24, 2.45) is 7.05 Å². The zero-order chi connectivity index (χ0) is 14.7. The fraction of sp³-hybridized carbons (Fsp3) is 0.231. The largest absolute Gasteiger partial charge is 0.478 e. The molecule has 0 bridgehead atoms. The van der Waals surface area contributed by atoms with Crippen LogP contribution in [0, 0.1) is 0 Å². The molecule has 7 nitrogen and oxygen atoms in total. The molecule has 0 atom stereocenters. The highest BCUT2D eigenvalue weighted by atomic mass is 16.4. The molecule has 2 heterocycles. The van der Waals surface area contributed by atoms with Gasteiger partial charge in [0.05, 0.1) is 11.8 Å². The first-order valence-corrected chi connectivity index (χ1v) is 5.90. The van der Waals surface area contributed by atoms with E-state index >= 15 is 0 Å². The van der Waals surface area contributed by atoms with Gasteiger partial charge < -0.3 is 10.0 Å². The Kier molecular flexibility index (Phi) is 3.79. The monoisotopic (exact) mass is 274 g/mol. The molecule has 1 amide bonds. The van der Waals surface area contributed by atoms with Crippen LogP contribution in [0.4, 0.5) is 0 Å². The van der Waals surface area contributed by atoms with Crippen LogP contribution < -0.4 is 0 Å². The summed E-state index contributed by atoms with van der Waals surface area (Å²) in [5.41, 5.74) is 0.693. The molecule has 0 radical (unpaired) electrons. The first-order valence-electron chi connectivity index (χ1n) is 5.90. The molecule has 0 saturated carbocycles. The van der Waals surface area contributed by atoms with Crippen LogP contribution in [0.5, 0.6) is 0 Å². The molecule has 0 spiro atoms. The van der Waals surface area contributed by atoms with Crippen LogP contribution >= 0.6 is 0 Å². The maximum absolute atomic E-state index is 12.3. The molecule has 0 aliphatic carbocycles. The number of amides is 1. The lowest BCUT2D eigenvalue weighted by Crippen LogP contribution is -2.28. The summed E-state index contributed by atoms with van der Waals surface area (Å²) in [4.78, 5) is 28.6. The van der Waals surface area contributed by atoms with Gasteiger partial charge in [-0.25, -0.2) is 4.79 Å². The molecule has 2 aromatic heterocycles. The first-order chi connectivity index (χ1) is 9.49. The smallest absolute Gasteiger partial charge is 0.338 e. The van der Waals surface area contributed by atoms with E-state index in [1.165, 1.54) is 23.2 Å². The van der Waals surface area contributed by atoms with Crippen LogP contribution in [-0.2, 0) is 13.6 Å². The molecular weight excluding hydrogens is 260 g/mol. The SMILES string of the molecule is CN(Cc1cnn(C)c1)C(=O)c1ncccc1C(=O)O. The number of hydrogen-bond acceptors (Lipinski definition) is 4. The lowest BCUT2D eigenvalue weighted by Gasteiger charge is -2.16. The van der Waals surface area contributed by atoms with Crippen molar-refractivity contribution in [3.8, 4) is 0 Å². The number of aryl methyl sites for hydroxylation is 1. The Balaban J connectivity index is 2.20. The highest BCUT2D eigenvalue weighted by Gasteiger charge is 2.21. The van der Waals surface area contributed by atoms with Gasteiger partial charge in [-0.05, 0) is 12.1 Å². The van der Waals surface area contributed by atoms with Crippen molar-refractivity contribution in [3.05, 3.63) is 47.5 Å². The Morgan fingerprint density at radius 3 is 2.80 bits per heavy atom. The predicted molar refractivity (Wildman–Crippen MR) is 70.2 cm³/mol. The number of aromatic nitrogens is 3. The Morgan fingerprint density at radius 2 is 2.20 bits per heavy atom. The number of nitrogens with zero attached hydrogens (tertiary/aromatic N) is 4. The molecule has 0 aliphatic rings. The summed E-state index contributed by atoms with van der Waals surface area (Å²) in [6.45, 7) is 0.336. The number of hydrogen-bond donors (Lipinski definition) is 1. The van der Waals surface area contributed by atoms with E-state index in [9.17, 15) is 9.59 Å². The molecule has 0 unspecified atom stereocenters. The van der Waals surface area contributed by atoms with Crippen molar-refractivity contribution >= 4 is 11.9 Å². The third kappa shape index (κ3) is 2.82. The molecule has 2 rings (SSSR count). The summed E-state index contributed by atoms with van der Waals surface area (Å²) < 4.78 is 1.64. The Hall–Kier alpha value is -2.70. The van der Waals surface area contributed by atoms with E-state index in [1.54, 1.807) is 31.2 Å². The summed E-state index contributed by atoms with van der Waals surface area (Å²) in [5.74, 6) is -1.61. The van der Waals surface area contributed by atoms with E-state index in [4.69, 9.17) is 5.11 Å². The van der Waals surface area contributed by atoms with Crippen LogP contribution in [0.15, 0.2) is 30.7 Å². The minimum Gasteiger partial charge on any atom is -0.478 e. The molecule has 2 aromatic rings. The van der Waals surface area contributed by atoms with Crippen molar-refractivity contribution in [2.75, 3.05) is 7.05 Å². The van der Waals surface area contributed by atoms with Crippen molar-refractivity contribution in [3.63, 3.8) is 0 Å². The fourth-order valence-corrected chi connectivity index (χ4v) is 1.83. The van der Waals surface area contributed by atoms with Gasteiger partial charge in [0, 0.05) is 38.6 Å². The van der Waals surface area contributed by atoms with Crippen LogP contribution in [0.3, 0.4) is 0 Å². The maximum Gasteiger partial charge on any atom is 0.338 e. The van der Waals surface area contributed by atoms with E-state index < -0.39 is 11.9 Å². The standard InChI is InChI=1S/C13H14N4O3/c1-16(7-9-6-15-17(2)8-9)12(18)11-10(13(19)20)4-3-5-14-11/h3-6,8H,7H2,1-2H3,(H,19,20). The zero-order valence-corrected chi connectivity index (χ0v) is 11.1. The van der Waals surface area contributed by atoms with E-state index in [1.807, 2.05) is 0 Å². The Morgan fingerprint density at radius 1 is 1.45 bits per heavy atom. The van der Waals surface area contributed by atoms with Gasteiger partial charge >= 0.3 is 5.97 Å². The third-order valence-electron chi connectivity index (χ3n) is 2.77. The quantitative estimate of drug-likeness (QED) is 0.890. The lowest BCUT2D eigenvalue weighted by atomic mass is 10.1. The van der Waals surface area contributed by atoms with Crippen LogP contribution in [0.2, 0.25) is 0 Å². The number of carboxylic acid groups (broad SMARTS) is 1. The number of aromatic carboxylic acids is 1. The van der Waals surface area contributed by atoms with E-state index in [-0.39, 0.29) is 11.3 Å². The Labute approximate surface area is 115 Å². The second-order valence-electron chi connectivity index (χ2n) is 4.39. The van der Waals surface area contributed by atoms with E-state index in [0.717, 1.165) is 5.56 Å². The summed E-state index contributed by atoms with van der Waals surface area (Å²) >= 11 is 0. The van der Waals surface area contributed by atoms with Crippen molar-refractivity contribution in [2.45, 2.75) is 6.54 Å². The maximum atomic E-state index is 12.3. The molecule has 20 heavy (non-hydrogen) atoms. The van der Waals surface area contributed by atoms with Gasteiger partial charge in [-0.1, -0.05) is 0 Å². The molecule has 0 fully saturated rings. The summed E-state index contributed by atoms with van der Waals surface area (Å²) in [6.07, 6.45) is 4.85. The van der Waals surface area contributed by atoms with E-state index in [0.29, 0.717) is 6.54 Å². The van der Waals surface area contributed by atoms with Gasteiger partial charge in [-0.15, -0.1) is 0 Å². The summed E-state index contributed by atoms with van der Waals surface area (Å²) in [5, 5.41) is 13.1. The van der Waals surface area contributed by atoms with Gasteiger partial charge in [0.1, 0.15) is 5.69 Å². The highest BCUT2D eigenvalue weighted by molar-refractivity contribution is 6.03. The van der Waals surface area contributed by atoms with Crippen LogP contribution in [-0.4, -0.2) is 43.7 Å². The number of carboxylic acids is 1. The fourth-order valence-electron chi connectivity index (χ4n) is 1.83. The summed E-state index contributed by atoms with van der Waals surface area (Å²) in [6, 6.07) is 2.85. The van der Waals surface area contributed by atoms with Gasteiger partial charge in [0.2, 0.25) is 0 Å². The van der Waals surface area contributed by atoms with Gasteiger partial charge in [-0.2, -0.15) is 5.10 Å². The number of pyridine rings is 1. The van der Waals surface area contributed by atoms with Crippen LogP contribution in [0.1, 0.15) is 26.4 Å². The average molecular weight is 274 g/mol. The van der Waals surface area contributed by atoms with Gasteiger partial charge in [-0.3, -0.25) is 14.5 Å². The predicted octanol–water partition coefficient (Wildman–Crippen LogP) is 0.786. The second-order valence-corrected chi connectivity index (χ2v) is 4.39. The minimum atomic E-state index is -1.17. The van der Waals surface area contributed by atoms with Crippen LogP contribution in [0.25, 0.3) is 0 Å². The average Bonchev–Trinajstić information content (AvgIpc) is 2.83. The second kappa shape index (κ2) is 5.52. The molecule has 0 saturated heterocycles. The van der Waals surface area contributed by atoms with Crippen molar-refractivity contribution in [1.82, 2.24) is 19.7 Å². The topological polar surface area (TPSA) is 88.3 Å². The molecule has 0 aromatic carbocycles.